The number of primary amides is 1. The average Bonchev–Trinajstić information content (AvgIpc) is 2.75. The summed E-state index contributed by atoms with van der Waals surface area (Å²) < 4.78 is 0. The van der Waals surface area contributed by atoms with E-state index in [9.17, 15) is 14.4 Å². The van der Waals surface area contributed by atoms with Crippen molar-refractivity contribution in [3.8, 4) is 0 Å². The lowest BCUT2D eigenvalue weighted by atomic mass is 9.80. The number of likely N-dealkylation sites (tertiary alicyclic amines) is 1. The van der Waals surface area contributed by atoms with Crippen molar-refractivity contribution in [3.05, 3.63) is 35.4 Å². The number of nitrogens with one attached hydrogen (secondary N) is 1. The van der Waals surface area contributed by atoms with Crippen LogP contribution in [0.5, 0.6) is 0 Å². The first-order valence-electron chi connectivity index (χ1n) is 11.5. The van der Waals surface area contributed by atoms with Crippen molar-refractivity contribution in [2.24, 2.45) is 17.6 Å². The van der Waals surface area contributed by atoms with Gasteiger partial charge in [0.25, 0.3) is 5.91 Å². The molecule has 30 heavy (non-hydrogen) atoms. The van der Waals surface area contributed by atoms with Crippen LogP contribution in [0.15, 0.2) is 24.3 Å². The van der Waals surface area contributed by atoms with Gasteiger partial charge in [-0.05, 0) is 62.6 Å². The molecule has 1 unspecified atom stereocenters. The highest BCUT2D eigenvalue weighted by Crippen LogP contribution is 2.32. The van der Waals surface area contributed by atoms with Gasteiger partial charge in [-0.3, -0.25) is 14.4 Å². The zero-order valence-electron chi connectivity index (χ0n) is 18.1. The molecular weight excluding hydrogens is 378 g/mol. The van der Waals surface area contributed by atoms with E-state index in [1.54, 1.807) is 18.2 Å². The van der Waals surface area contributed by atoms with Crippen molar-refractivity contribution in [1.29, 1.82) is 0 Å². The molecule has 0 bridgehead atoms. The fourth-order valence-electron chi connectivity index (χ4n) is 4.80. The highest BCUT2D eigenvalue weighted by Gasteiger charge is 2.30. The van der Waals surface area contributed by atoms with E-state index < -0.39 is 5.91 Å². The van der Waals surface area contributed by atoms with Crippen LogP contribution in [0, 0.1) is 11.8 Å². The molecule has 1 saturated carbocycles. The Balaban J connectivity index is 1.63. The summed E-state index contributed by atoms with van der Waals surface area (Å²) in [5, 5.41) is 3.09. The predicted molar refractivity (Wildman–Crippen MR) is 117 cm³/mol. The molecule has 1 aliphatic heterocycles. The molecule has 2 fully saturated rings. The molecule has 1 heterocycles. The molecule has 3 N–H and O–H groups in total. The maximum Gasteiger partial charge on any atom is 0.251 e. The van der Waals surface area contributed by atoms with Crippen molar-refractivity contribution in [1.82, 2.24) is 10.2 Å². The van der Waals surface area contributed by atoms with Gasteiger partial charge in [-0.2, -0.15) is 0 Å². The van der Waals surface area contributed by atoms with Crippen molar-refractivity contribution < 1.29 is 14.4 Å². The zero-order chi connectivity index (χ0) is 21.5. The van der Waals surface area contributed by atoms with E-state index in [0.29, 0.717) is 17.7 Å². The average molecular weight is 414 g/mol. The minimum atomic E-state index is -0.551. The summed E-state index contributed by atoms with van der Waals surface area (Å²) in [7, 11) is 0. The molecule has 1 aliphatic carbocycles. The minimum Gasteiger partial charge on any atom is -0.366 e. The lowest BCUT2D eigenvalue weighted by molar-refractivity contribution is -0.137. The Hall–Kier alpha value is -2.37. The first-order valence-corrected chi connectivity index (χ1v) is 11.5. The quantitative estimate of drug-likeness (QED) is 0.774. The standard InChI is InChI=1S/C24H35N3O3/c1-2-17-10-12-18(13-11-17)24(30)27-14-5-3-4-9-21(16-27)26-23(29)20-8-6-7-19(15-20)22(25)28/h6-8,15,17-18,21H,2-5,9-14,16H2,1H3,(H2,25,28)(H,26,29). The summed E-state index contributed by atoms with van der Waals surface area (Å²) in [4.78, 5) is 39.4. The fourth-order valence-corrected chi connectivity index (χ4v) is 4.80. The number of hydrogen-bond donors (Lipinski definition) is 2. The second-order valence-corrected chi connectivity index (χ2v) is 8.87. The van der Waals surface area contributed by atoms with Crippen LogP contribution in [0.25, 0.3) is 0 Å². The van der Waals surface area contributed by atoms with Crippen LogP contribution in [0.3, 0.4) is 0 Å². The number of amides is 3. The van der Waals surface area contributed by atoms with Crippen LogP contribution in [0.4, 0.5) is 0 Å². The van der Waals surface area contributed by atoms with Gasteiger partial charge < -0.3 is 16.0 Å². The number of hydrogen-bond acceptors (Lipinski definition) is 3. The fraction of sp³-hybridized carbons (Fsp3) is 0.625. The SMILES string of the molecule is CCC1CCC(C(=O)N2CCCCCC(NC(=O)c3cccc(C(N)=O)c3)C2)CC1. The highest BCUT2D eigenvalue weighted by molar-refractivity contribution is 5.99. The van der Waals surface area contributed by atoms with Gasteiger partial charge in [0.2, 0.25) is 11.8 Å². The molecule has 6 nitrogen and oxygen atoms in total. The number of benzene rings is 1. The summed E-state index contributed by atoms with van der Waals surface area (Å²) in [5.41, 5.74) is 6.07. The van der Waals surface area contributed by atoms with Gasteiger partial charge in [-0.15, -0.1) is 0 Å². The van der Waals surface area contributed by atoms with Gasteiger partial charge in [0.05, 0.1) is 0 Å². The van der Waals surface area contributed by atoms with E-state index in [2.05, 4.69) is 12.2 Å². The third-order valence-electron chi connectivity index (χ3n) is 6.75. The number of carbonyl (C=O) groups is 3. The molecule has 3 amide bonds. The molecule has 1 atom stereocenters. The summed E-state index contributed by atoms with van der Waals surface area (Å²) in [6.45, 7) is 3.57. The third kappa shape index (κ3) is 5.83. The van der Waals surface area contributed by atoms with Crippen LogP contribution < -0.4 is 11.1 Å². The van der Waals surface area contributed by atoms with Crippen LogP contribution in [0.2, 0.25) is 0 Å². The number of rotatable bonds is 5. The summed E-state index contributed by atoms with van der Waals surface area (Å²) in [6.07, 6.45) is 9.47. The third-order valence-corrected chi connectivity index (χ3v) is 6.75. The second-order valence-electron chi connectivity index (χ2n) is 8.87. The first-order chi connectivity index (χ1) is 14.5. The topological polar surface area (TPSA) is 92.5 Å². The Morgan fingerprint density at radius 3 is 2.47 bits per heavy atom. The Kier molecular flexibility index (Phi) is 7.88. The minimum absolute atomic E-state index is 0.0778. The Bertz CT molecular complexity index is 756. The van der Waals surface area contributed by atoms with Crippen molar-refractivity contribution in [3.63, 3.8) is 0 Å². The summed E-state index contributed by atoms with van der Waals surface area (Å²) in [5.74, 6) is 0.395. The van der Waals surface area contributed by atoms with Crippen molar-refractivity contribution >= 4 is 17.7 Å². The van der Waals surface area contributed by atoms with Gasteiger partial charge in [-0.25, -0.2) is 0 Å². The van der Waals surface area contributed by atoms with E-state index in [1.165, 1.54) is 12.5 Å². The van der Waals surface area contributed by atoms with Crippen LogP contribution in [-0.4, -0.2) is 41.8 Å². The lowest BCUT2D eigenvalue weighted by Crippen LogP contribution is -2.49. The van der Waals surface area contributed by atoms with E-state index >= 15 is 0 Å². The smallest absolute Gasteiger partial charge is 0.251 e. The van der Waals surface area contributed by atoms with Gasteiger partial charge in [0.1, 0.15) is 0 Å². The van der Waals surface area contributed by atoms with Crippen molar-refractivity contribution in [2.45, 2.75) is 70.8 Å². The predicted octanol–water partition coefficient (Wildman–Crippen LogP) is 3.50. The molecule has 3 rings (SSSR count). The Morgan fingerprint density at radius 2 is 1.77 bits per heavy atom. The molecule has 1 aromatic carbocycles. The van der Waals surface area contributed by atoms with Gasteiger partial charge in [0, 0.05) is 36.2 Å². The number of carbonyl (C=O) groups excluding carboxylic acids is 3. The maximum absolute atomic E-state index is 13.2. The second kappa shape index (κ2) is 10.6. The molecule has 6 heteroatoms. The molecule has 0 radical (unpaired) electrons. The van der Waals surface area contributed by atoms with E-state index in [-0.39, 0.29) is 23.8 Å². The molecule has 164 valence electrons. The molecule has 1 saturated heterocycles. The molecule has 0 spiro atoms. The zero-order valence-corrected chi connectivity index (χ0v) is 18.1. The maximum atomic E-state index is 13.2. The van der Waals surface area contributed by atoms with Gasteiger partial charge in [-0.1, -0.05) is 32.3 Å². The molecule has 0 aromatic heterocycles. The molecular formula is C24H35N3O3. The van der Waals surface area contributed by atoms with Crippen LogP contribution >= 0.6 is 0 Å². The van der Waals surface area contributed by atoms with E-state index in [1.807, 2.05) is 4.90 Å². The number of nitrogens with zero attached hydrogens (tertiary/aromatic N) is 1. The van der Waals surface area contributed by atoms with Crippen molar-refractivity contribution in [2.75, 3.05) is 13.1 Å². The first kappa shape index (κ1) is 22.3. The lowest BCUT2D eigenvalue weighted by Gasteiger charge is -2.35. The van der Waals surface area contributed by atoms with E-state index in [0.717, 1.165) is 63.8 Å². The van der Waals surface area contributed by atoms with Gasteiger partial charge in [0.15, 0.2) is 0 Å². The monoisotopic (exact) mass is 413 g/mol. The van der Waals surface area contributed by atoms with E-state index in [4.69, 9.17) is 5.73 Å². The highest BCUT2D eigenvalue weighted by atomic mass is 16.2. The van der Waals surface area contributed by atoms with Crippen LogP contribution in [0.1, 0.15) is 85.4 Å². The Labute approximate surface area is 179 Å². The molecule has 1 aromatic rings. The largest absolute Gasteiger partial charge is 0.366 e. The van der Waals surface area contributed by atoms with Gasteiger partial charge >= 0.3 is 0 Å². The molecule has 2 aliphatic rings. The summed E-state index contributed by atoms with van der Waals surface area (Å²) >= 11 is 0. The summed E-state index contributed by atoms with van der Waals surface area (Å²) in [6, 6.07) is 6.39. The Morgan fingerprint density at radius 1 is 1.03 bits per heavy atom. The normalized spacial score (nSPS) is 25.1. The number of nitrogens with two attached hydrogens (primary N) is 1. The van der Waals surface area contributed by atoms with Crippen LogP contribution in [-0.2, 0) is 4.79 Å².